The maximum atomic E-state index is 13.0. The number of nitro groups is 1. The minimum absolute atomic E-state index is 0.0604. The van der Waals surface area contributed by atoms with E-state index >= 15 is 0 Å². The summed E-state index contributed by atoms with van der Waals surface area (Å²) < 4.78 is 26.9. The van der Waals surface area contributed by atoms with E-state index in [0.717, 1.165) is 11.0 Å². The number of hydrogen-bond acceptors (Lipinski definition) is 7. The fourth-order valence-electron chi connectivity index (χ4n) is 3.93. The summed E-state index contributed by atoms with van der Waals surface area (Å²) in [5.74, 6) is -0.0604. The molecule has 33 heavy (non-hydrogen) atoms. The van der Waals surface area contributed by atoms with Gasteiger partial charge in [-0.2, -0.15) is 4.31 Å². The van der Waals surface area contributed by atoms with E-state index in [4.69, 9.17) is 0 Å². The lowest BCUT2D eigenvalue weighted by molar-refractivity contribution is -0.384. The molecule has 0 saturated carbocycles. The van der Waals surface area contributed by atoms with Gasteiger partial charge in [0.05, 0.1) is 15.4 Å². The Bertz CT molecular complexity index is 1130. The third-order valence-corrected chi connectivity index (χ3v) is 8.57. The Morgan fingerprint density at radius 2 is 1.73 bits per heavy atom. The molecule has 3 rings (SSSR count). The van der Waals surface area contributed by atoms with Gasteiger partial charge in [0.25, 0.3) is 11.6 Å². The number of nitrogens with zero attached hydrogens (tertiary/aromatic N) is 4. The molecule has 1 saturated heterocycles. The normalized spacial score (nSPS) is 14.5. The topological polar surface area (TPSA) is 104 Å². The number of anilines is 1. The largest absolute Gasteiger partial charge is 0.362 e. The molecule has 1 fully saturated rings. The molecule has 0 spiro atoms. The number of piperazine rings is 1. The fraction of sp³-hybridized carbons (Fsp3) is 0.409. The van der Waals surface area contributed by atoms with Crippen molar-refractivity contribution in [3.63, 3.8) is 0 Å². The molecule has 0 atom stereocenters. The van der Waals surface area contributed by atoms with E-state index in [0.29, 0.717) is 37.4 Å². The second-order valence-electron chi connectivity index (χ2n) is 7.48. The highest BCUT2D eigenvalue weighted by Crippen LogP contribution is 2.33. The number of hydrogen-bond donors (Lipinski definition) is 0. The lowest BCUT2D eigenvalue weighted by atomic mass is 10.1. The molecule has 2 aromatic carbocycles. The summed E-state index contributed by atoms with van der Waals surface area (Å²) in [5.41, 5.74) is 0.751. The number of thioether (sulfide) groups is 1. The monoisotopic (exact) mass is 492 g/mol. The van der Waals surface area contributed by atoms with Gasteiger partial charge in [-0.3, -0.25) is 14.9 Å². The minimum atomic E-state index is -3.81. The van der Waals surface area contributed by atoms with Gasteiger partial charge < -0.3 is 9.80 Å². The van der Waals surface area contributed by atoms with Gasteiger partial charge in [-0.25, -0.2) is 8.42 Å². The average molecular weight is 493 g/mol. The van der Waals surface area contributed by atoms with Crippen molar-refractivity contribution in [3.05, 3.63) is 58.1 Å². The Balaban J connectivity index is 1.81. The molecular formula is C22H28N4O5S2. The molecule has 0 aliphatic carbocycles. The zero-order valence-corrected chi connectivity index (χ0v) is 20.6. The van der Waals surface area contributed by atoms with Gasteiger partial charge in [-0.05, 0) is 30.5 Å². The van der Waals surface area contributed by atoms with Crippen molar-refractivity contribution in [2.75, 3.05) is 50.4 Å². The van der Waals surface area contributed by atoms with Gasteiger partial charge in [0.15, 0.2) is 0 Å². The van der Waals surface area contributed by atoms with E-state index in [1.54, 1.807) is 24.8 Å². The van der Waals surface area contributed by atoms with Crippen LogP contribution in [-0.4, -0.2) is 74.0 Å². The molecule has 0 radical (unpaired) electrons. The first-order valence-electron chi connectivity index (χ1n) is 10.7. The summed E-state index contributed by atoms with van der Waals surface area (Å²) in [6, 6.07) is 11.5. The Kier molecular flexibility index (Phi) is 7.98. The summed E-state index contributed by atoms with van der Waals surface area (Å²) in [7, 11) is -3.81. The molecule has 9 nitrogen and oxygen atoms in total. The maximum absolute atomic E-state index is 13.0. The minimum Gasteiger partial charge on any atom is -0.362 e. The molecule has 0 aromatic heterocycles. The van der Waals surface area contributed by atoms with Crippen molar-refractivity contribution >= 4 is 39.1 Å². The molecule has 178 valence electrons. The van der Waals surface area contributed by atoms with E-state index in [9.17, 15) is 23.3 Å². The molecule has 0 N–H and O–H groups in total. The van der Waals surface area contributed by atoms with Crippen LogP contribution in [0.15, 0.2) is 52.3 Å². The van der Waals surface area contributed by atoms with Gasteiger partial charge >= 0.3 is 0 Å². The predicted molar refractivity (Wildman–Crippen MR) is 130 cm³/mol. The molecule has 1 heterocycles. The summed E-state index contributed by atoms with van der Waals surface area (Å²) in [6.07, 6.45) is 1.92. The first kappa shape index (κ1) is 25.0. The first-order chi connectivity index (χ1) is 15.7. The van der Waals surface area contributed by atoms with Crippen molar-refractivity contribution in [3.8, 4) is 0 Å². The third kappa shape index (κ3) is 5.15. The van der Waals surface area contributed by atoms with Gasteiger partial charge in [0.2, 0.25) is 10.0 Å². The van der Waals surface area contributed by atoms with Crippen LogP contribution in [0, 0.1) is 10.1 Å². The molecule has 2 aromatic rings. The number of carbonyl (C=O) groups excluding carboxylic acids is 1. The zero-order valence-electron chi connectivity index (χ0n) is 18.9. The molecule has 1 aliphatic heterocycles. The number of sulfonamides is 1. The second kappa shape index (κ2) is 10.5. The van der Waals surface area contributed by atoms with Crippen LogP contribution >= 0.6 is 11.8 Å². The fourth-order valence-corrected chi connectivity index (χ4v) is 6.00. The lowest BCUT2D eigenvalue weighted by Gasteiger charge is -2.36. The smallest absolute Gasteiger partial charge is 0.293 e. The van der Waals surface area contributed by atoms with Crippen LogP contribution < -0.4 is 4.90 Å². The van der Waals surface area contributed by atoms with Gasteiger partial charge in [-0.1, -0.05) is 26.0 Å². The van der Waals surface area contributed by atoms with E-state index < -0.39 is 14.9 Å². The summed E-state index contributed by atoms with van der Waals surface area (Å²) in [6.45, 7) is 5.67. The Morgan fingerprint density at radius 1 is 1.09 bits per heavy atom. The molecule has 1 amide bonds. The molecule has 0 bridgehead atoms. The zero-order chi connectivity index (χ0) is 24.2. The van der Waals surface area contributed by atoms with Crippen LogP contribution in [0.2, 0.25) is 0 Å². The molecule has 0 unspecified atom stereocenters. The van der Waals surface area contributed by atoms with Gasteiger partial charge in [-0.15, -0.1) is 11.8 Å². The van der Waals surface area contributed by atoms with Crippen LogP contribution in [0.1, 0.15) is 24.2 Å². The Morgan fingerprint density at radius 3 is 2.30 bits per heavy atom. The Hall–Kier alpha value is -2.63. The maximum Gasteiger partial charge on any atom is 0.293 e. The van der Waals surface area contributed by atoms with Crippen LogP contribution in [0.5, 0.6) is 0 Å². The number of benzene rings is 2. The highest BCUT2D eigenvalue weighted by atomic mass is 32.2. The SMILES string of the molecule is CCN(CC)S(=O)(=O)c1ccc(N2CCN(C(=O)c3ccccc3SC)CC2)c([N+](=O)[O-])c1. The Labute approximate surface area is 198 Å². The third-order valence-electron chi connectivity index (χ3n) is 5.73. The molecule has 1 aliphatic rings. The highest BCUT2D eigenvalue weighted by molar-refractivity contribution is 7.98. The molecular weight excluding hydrogens is 464 g/mol. The number of nitro benzene ring substituents is 1. The predicted octanol–water partition coefficient (Wildman–Crippen LogP) is 3.31. The molecule has 11 heteroatoms. The van der Waals surface area contributed by atoms with Crippen molar-refractivity contribution < 1.29 is 18.1 Å². The lowest BCUT2D eigenvalue weighted by Crippen LogP contribution is -2.49. The summed E-state index contributed by atoms with van der Waals surface area (Å²) in [5, 5.41) is 11.8. The summed E-state index contributed by atoms with van der Waals surface area (Å²) >= 11 is 1.51. The highest BCUT2D eigenvalue weighted by Gasteiger charge is 2.30. The van der Waals surface area contributed by atoms with Crippen molar-refractivity contribution in [2.24, 2.45) is 0 Å². The van der Waals surface area contributed by atoms with Crippen molar-refractivity contribution in [1.29, 1.82) is 0 Å². The second-order valence-corrected chi connectivity index (χ2v) is 10.3. The number of amides is 1. The van der Waals surface area contributed by atoms with E-state index in [1.165, 1.54) is 28.2 Å². The van der Waals surface area contributed by atoms with Crippen molar-refractivity contribution in [1.82, 2.24) is 9.21 Å². The van der Waals surface area contributed by atoms with E-state index in [-0.39, 0.29) is 29.6 Å². The van der Waals surface area contributed by atoms with Gasteiger partial charge in [0, 0.05) is 50.2 Å². The van der Waals surface area contributed by atoms with Crippen LogP contribution in [0.4, 0.5) is 11.4 Å². The quantitative estimate of drug-likeness (QED) is 0.316. The van der Waals surface area contributed by atoms with Gasteiger partial charge in [0.1, 0.15) is 5.69 Å². The van der Waals surface area contributed by atoms with Crippen LogP contribution in [0.3, 0.4) is 0 Å². The van der Waals surface area contributed by atoms with E-state index in [1.807, 2.05) is 29.4 Å². The number of rotatable bonds is 8. The standard InChI is InChI=1S/C22H28N4O5S2/c1-4-25(5-2)33(30,31)17-10-11-19(20(16-17)26(28)29)23-12-14-24(15-13-23)22(27)18-8-6-7-9-21(18)32-3/h6-11,16H,4-5,12-15H2,1-3H3. The van der Waals surface area contributed by atoms with Crippen LogP contribution in [-0.2, 0) is 10.0 Å². The summed E-state index contributed by atoms with van der Waals surface area (Å²) in [4.78, 5) is 28.6. The average Bonchev–Trinajstić information content (AvgIpc) is 2.83. The number of carbonyl (C=O) groups is 1. The van der Waals surface area contributed by atoms with E-state index in [2.05, 4.69) is 0 Å². The van der Waals surface area contributed by atoms with Crippen molar-refractivity contribution in [2.45, 2.75) is 23.6 Å². The van der Waals surface area contributed by atoms with Crippen LogP contribution in [0.25, 0.3) is 0 Å². The first-order valence-corrected chi connectivity index (χ1v) is 13.4.